The Hall–Kier alpha value is -0.730. The van der Waals surface area contributed by atoms with E-state index in [-0.39, 0.29) is 75.5 Å². The van der Waals surface area contributed by atoms with Crippen molar-refractivity contribution in [1.82, 2.24) is 30.8 Å². The maximum atomic E-state index is 3.88. The van der Waals surface area contributed by atoms with Crippen molar-refractivity contribution in [1.29, 1.82) is 0 Å². The predicted octanol–water partition coefficient (Wildman–Crippen LogP) is -10.1. The fraction of sp³-hybridized carbons (Fsp3) is 0. The number of halogens is 4. The first kappa shape index (κ1) is 27.1. The van der Waals surface area contributed by atoms with Crippen molar-refractivity contribution in [3.8, 4) is 0 Å². The number of fused-ring (bicyclic) bond motifs is 2. The number of H-pyrrole nitrogens is 2. The molecular weight excluding hydrogens is 548 g/mol. The maximum absolute atomic E-state index is 3.88. The third-order valence-electron chi connectivity index (χ3n) is 2.45. The average Bonchev–Trinajstić information content (AvgIpc) is 3.08. The van der Waals surface area contributed by atoms with E-state index >= 15 is 0 Å². The standard InChI is InChI=1S/2C6H5N3.4ClH.Hf/c2*1-2-4-6-5(3-1)7-9-8-6;;;;;/h2*1-4H,(H,7,8,9);4*1H;/q;;;;;;+4/p-4. The van der Waals surface area contributed by atoms with Gasteiger partial charge in [-0.2, -0.15) is 30.8 Å². The molecule has 120 valence electrons. The number of hydrogen-bond acceptors (Lipinski definition) is 4. The first-order valence-corrected chi connectivity index (χ1v) is 5.44. The van der Waals surface area contributed by atoms with Crippen molar-refractivity contribution in [2.24, 2.45) is 0 Å². The van der Waals surface area contributed by atoms with Gasteiger partial charge in [-0.25, -0.2) is 0 Å². The van der Waals surface area contributed by atoms with E-state index in [0.29, 0.717) is 0 Å². The largest absolute Gasteiger partial charge is 4.00 e. The first-order chi connectivity index (χ1) is 8.93. The zero-order chi connectivity index (χ0) is 12.2. The van der Waals surface area contributed by atoms with E-state index in [0.717, 1.165) is 22.1 Å². The van der Waals surface area contributed by atoms with E-state index in [1.165, 1.54) is 0 Å². The molecule has 2 N–H and O–H groups in total. The normalized spacial score (nSPS) is 8.00. The van der Waals surface area contributed by atoms with Crippen LogP contribution in [0.3, 0.4) is 0 Å². The molecule has 0 fully saturated rings. The molecule has 0 spiro atoms. The number of benzene rings is 2. The molecule has 2 heterocycles. The molecule has 0 aliphatic carbocycles. The van der Waals surface area contributed by atoms with Crippen LogP contribution < -0.4 is 49.6 Å². The molecule has 0 saturated carbocycles. The summed E-state index contributed by atoms with van der Waals surface area (Å²) in [4.78, 5) is 0. The molecule has 0 unspecified atom stereocenters. The SMILES string of the molecule is [Cl-].[Cl-].[Cl-].[Cl-].[Hf+4].c1ccc2n[nH]nc2c1.c1ccc2n[nH]nc2c1. The Balaban J connectivity index is -0.000000286. The van der Waals surface area contributed by atoms with Gasteiger partial charge in [0.2, 0.25) is 0 Å². The van der Waals surface area contributed by atoms with Gasteiger partial charge in [-0.15, -0.1) is 0 Å². The van der Waals surface area contributed by atoms with Crippen LogP contribution >= 0.6 is 0 Å². The zero-order valence-corrected chi connectivity index (χ0v) is 18.0. The van der Waals surface area contributed by atoms with Crippen molar-refractivity contribution in [2.45, 2.75) is 0 Å². The van der Waals surface area contributed by atoms with Crippen LogP contribution in [0.5, 0.6) is 0 Å². The van der Waals surface area contributed by atoms with Gasteiger partial charge in [-0.3, -0.25) is 0 Å². The van der Waals surface area contributed by atoms with E-state index < -0.39 is 0 Å². The summed E-state index contributed by atoms with van der Waals surface area (Å²) in [7, 11) is 0. The van der Waals surface area contributed by atoms with Gasteiger partial charge in [0.25, 0.3) is 0 Å². The summed E-state index contributed by atoms with van der Waals surface area (Å²) in [5, 5.41) is 20.6. The van der Waals surface area contributed by atoms with Crippen LogP contribution in [0.1, 0.15) is 0 Å². The zero-order valence-electron chi connectivity index (χ0n) is 11.4. The van der Waals surface area contributed by atoms with Gasteiger partial charge in [0, 0.05) is 0 Å². The second-order valence-electron chi connectivity index (χ2n) is 3.62. The van der Waals surface area contributed by atoms with Gasteiger partial charge >= 0.3 is 25.8 Å². The fourth-order valence-electron chi connectivity index (χ4n) is 1.57. The third kappa shape index (κ3) is 7.14. The van der Waals surface area contributed by atoms with Crippen molar-refractivity contribution in [3.05, 3.63) is 48.5 Å². The summed E-state index contributed by atoms with van der Waals surface area (Å²) in [6, 6.07) is 15.4. The Kier molecular flexibility index (Phi) is 16.1. The van der Waals surface area contributed by atoms with Crippen molar-refractivity contribution in [3.63, 3.8) is 0 Å². The quantitative estimate of drug-likeness (QED) is 0.210. The van der Waals surface area contributed by atoms with Crippen molar-refractivity contribution < 1.29 is 75.5 Å². The van der Waals surface area contributed by atoms with E-state index in [2.05, 4.69) is 30.8 Å². The third-order valence-corrected chi connectivity index (χ3v) is 2.45. The van der Waals surface area contributed by atoms with Crippen LogP contribution in [-0.4, -0.2) is 30.8 Å². The number of aromatic amines is 2. The number of aromatic nitrogens is 6. The molecule has 23 heavy (non-hydrogen) atoms. The fourth-order valence-corrected chi connectivity index (χ4v) is 1.57. The maximum Gasteiger partial charge on any atom is 4.00 e. The predicted molar refractivity (Wildman–Crippen MR) is 67.8 cm³/mol. The van der Waals surface area contributed by atoms with E-state index in [4.69, 9.17) is 0 Å². The van der Waals surface area contributed by atoms with Crippen LogP contribution in [0.4, 0.5) is 0 Å². The molecule has 0 radical (unpaired) electrons. The molecule has 0 saturated heterocycles. The average molecular weight is 559 g/mol. The van der Waals surface area contributed by atoms with Crippen LogP contribution in [0.2, 0.25) is 0 Å². The molecule has 11 heteroatoms. The van der Waals surface area contributed by atoms with E-state index in [1.807, 2.05) is 48.5 Å². The minimum absolute atomic E-state index is 0. The van der Waals surface area contributed by atoms with E-state index in [1.54, 1.807) is 0 Å². The van der Waals surface area contributed by atoms with Crippen LogP contribution in [-0.2, 0) is 25.8 Å². The Bertz CT molecular complexity index is 652. The van der Waals surface area contributed by atoms with Crippen molar-refractivity contribution >= 4 is 22.1 Å². The van der Waals surface area contributed by atoms with Gasteiger partial charge < -0.3 is 49.6 Å². The Morgan fingerprint density at radius 3 is 0.913 bits per heavy atom. The summed E-state index contributed by atoms with van der Waals surface area (Å²) in [6.45, 7) is 0. The number of hydrogen-bond donors (Lipinski definition) is 2. The summed E-state index contributed by atoms with van der Waals surface area (Å²) < 4.78 is 0. The second-order valence-corrected chi connectivity index (χ2v) is 3.62. The van der Waals surface area contributed by atoms with Gasteiger partial charge in [0.15, 0.2) is 0 Å². The summed E-state index contributed by atoms with van der Waals surface area (Å²) in [5.41, 5.74) is 3.66. The molecule has 2 aromatic heterocycles. The first-order valence-electron chi connectivity index (χ1n) is 5.44. The molecule has 0 atom stereocenters. The molecule has 0 bridgehead atoms. The number of para-hydroxylation sites is 4. The summed E-state index contributed by atoms with van der Waals surface area (Å²) in [5.74, 6) is 0. The van der Waals surface area contributed by atoms with Crippen LogP contribution in [0, 0.1) is 0 Å². The molecule has 2 aromatic carbocycles. The van der Waals surface area contributed by atoms with Gasteiger partial charge in [0.1, 0.15) is 22.1 Å². The molecule has 0 amide bonds. The Morgan fingerprint density at radius 2 is 0.696 bits per heavy atom. The topological polar surface area (TPSA) is 83.1 Å². The molecule has 0 aliphatic rings. The minimum atomic E-state index is 0. The smallest absolute Gasteiger partial charge is 1.00 e. The number of nitrogens with one attached hydrogen (secondary N) is 2. The molecule has 4 rings (SSSR count). The van der Waals surface area contributed by atoms with E-state index in [9.17, 15) is 0 Å². The molecule has 0 aliphatic heterocycles. The van der Waals surface area contributed by atoms with Gasteiger partial charge in [0.05, 0.1) is 0 Å². The molecule has 4 aromatic rings. The van der Waals surface area contributed by atoms with Gasteiger partial charge in [-0.05, 0) is 24.3 Å². The minimum Gasteiger partial charge on any atom is -1.00 e. The Morgan fingerprint density at radius 1 is 0.478 bits per heavy atom. The van der Waals surface area contributed by atoms with Crippen LogP contribution in [0.15, 0.2) is 48.5 Å². The monoisotopic (exact) mass is 558 g/mol. The molecular formula is C12H10Cl4HfN6. The second kappa shape index (κ2) is 13.7. The van der Waals surface area contributed by atoms with Crippen LogP contribution in [0.25, 0.3) is 22.1 Å². The number of nitrogens with zero attached hydrogens (tertiary/aromatic N) is 4. The summed E-state index contributed by atoms with van der Waals surface area (Å²) >= 11 is 0. The van der Waals surface area contributed by atoms with Crippen molar-refractivity contribution in [2.75, 3.05) is 0 Å². The Labute approximate surface area is 176 Å². The molecule has 6 nitrogen and oxygen atoms in total. The number of rotatable bonds is 0. The summed E-state index contributed by atoms with van der Waals surface area (Å²) in [6.07, 6.45) is 0. The van der Waals surface area contributed by atoms with Gasteiger partial charge in [-0.1, -0.05) is 24.3 Å².